The van der Waals surface area contributed by atoms with Crippen molar-refractivity contribution in [3.05, 3.63) is 38.3 Å². The normalized spacial score (nSPS) is 9.88. The summed E-state index contributed by atoms with van der Waals surface area (Å²) in [5.41, 5.74) is -0.448. The summed E-state index contributed by atoms with van der Waals surface area (Å²) in [6, 6.07) is 2.21. The molecule has 16 heavy (non-hydrogen) atoms. The van der Waals surface area contributed by atoms with Gasteiger partial charge in [0.2, 0.25) is 5.91 Å². The van der Waals surface area contributed by atoms with Crippen LogP contribution in [-0.2, 0) is 11.3 Å². The number of likely N-dealkylation sites (N-methyl/N-ethyl adjacent to an activating group) is 1. The van der Waals surface area contributed by atoms with Gasteiger partial charge in [0, 0.05) is 19.2 Å². The molecule has 0 fully saturated rings. The first-order valence-electron chi connectivity index (χ1n) is 4.52. The summed E-state index contributed by atoms with van der Waals surface area (Å²) in [7, 11) is 1.43. The van der Waals surface area contributed by atoms with E-state index in [1.165, 1.54) is 14.0 Å². The highest BCUT2D eigenvalue weighted by atomic mass is 16.6. The lowest BCUT2D eigenvalue weighted by Crippen LogP contribution is -2.31. The van der Waals surface area contributed by atoms with Crippen molar-refractivity contribution in [2.75, 3.05) is 7.05 Å². The van der Waals surface area contributed by atoms with E-state index in [4.69, 9.17) is 0 Å². The van der Waals surface area contributed by atoms with Gasteiger partial charge in [0.25, 0.3) is 11.2 Å². The molecule has 7 heteroatoms. The minimum absolute atomic E-state index is 0.168. The number of hydrogen-bond donors (Lipinski definition) is 1. The Labute approximate surface area is 90.8 Å². The lowest BCUT2D eigenvalue weighted by atomic mass is 10.3. The van der Waals surface area contributed by atoms with Gasteiger partial charge in [-0.1, -0.05) is 0 Å². The van der Waals surface area contributed by atoms with Crippen molar-refractivity contribution < 1.29 is 9.72 Å². The first kappa shape index (κ1) is 11.9. The van der Waals surface area contributed by atoms with Gasteiger partial charge >= 0.3 is 0 Å². The molecule has 0 aliphatic rings. The molecule has 0 spiro atoms. The molecule has 7 nitrogen and oxygen atoms in total. The Kier molecular flexibility index (Phi) is 3.39. The molecular weight excluding hydrogens is 214 g/mol. The zero-order chi connectivity index (χ0) is 12.3. The Bertz CT molecular complexity index is 492. The predicted molar refractivity (Wildman–Crippen MR) is 56.2 cm³/mol. The quantitative estimate of drug-likeness (QED) is 0.569. The van der Waals surface area contributed by atoms with E-state index >= 15 is 0 Å². The van der Waals surface area contributed by atoms with Crippen molar-refractivity contribution in [2.24, 2.45) is 0 Å². The maximum Gasteiger partial charge on any atom is 0.288 e. The number of amides is 1. The molecule has 1 N–H and O–H groups in total. The Balaban J connectivity index is 3.27. The van der Waals surface area contributed by atoms with Gasteiger partial charge in [-0.2, -0.15) is 0 Å². The van der Waals surface area contributed by atoms with E-state index in [-0.39, 0.29) is 23.8 Å². The van der Waals surface area contributed by atoms with Crippen LogP contribution < -0.4 is 10.9 Å². The first-order valence-corrected chi connectivity index (χ1v) is 4.52. The molecule has 0 atom stereocenters. The van der Waals surface area contributed by atoms with E-state index in [0.29, 0.717) is 0 Å². The van der Waals surface area contributed by atoms with Crippen molar-refractivity contribution in [1.29, 1.82) is 0 Å². The fraction of sp³-hybridized carbons (Fsp3) is 0.333. The molecule has 1 heterocycles. The van der Waals surface area contributed by atoms with Crippen LogP contribution >= 0.6 is 0 Å². The Hall–Kier alpha value is -2.18. The lowest BCUT2D eigenvalue weighted by molar-refractivity contribution is -0.386. The molecule has 0 bridgehead atoms. The van der Waals surface area contributed by atoms with Crippen LogP contribution in [0.4, 0.5) is 5.69 Å². The zero-order valence-corrected chi connectivity index (χ0v) is 8.89. The van der Waals surface area contributed by atoms with Gasteiger partial charge < -0.3 is 5.32 Å². The molecule has 0 aromatic carbocycles. The minimum atomic E-state index is -0.588. The van der Waals surface area contributed by atoms with Crippen LogP contribution in [0.15, 0.2) is 16.9 Å². The van der Waals surface area contributed by atoms with Gasteiger partial charge in [-0.15, -0.1) is 0 Å². The van der Waals surface area contributed by atoms with Gasteiger partial charge in [0.1, 0.15) is 6.54 Å². The average Bonchev–Trinajstić information content (AvgIpc) is 2.23. The highest BCUT2D eigenvalue weighted by Gasteiger charge is 2.16. The molecular formula is C9H11N3O4. The summed E-state index contributed by atoms with van der Waals surface area (Å²) in [6.45, 7) is 1.21. The third-order valence-corrected chi connectivity index (χ3v) is 2.20. The van der Waals surface area contributed by atoms with E-state index in [0.717, 1.165) is 16.7 Å². The van der Waals surface area contributed by atoms with Crippen LogP contribution in [0.25, 0.3) is 0 Å². The molecule has 86 valence electrons. The van der Waals surface area contributed by atoms with Crippen LogP contribution in [0.1, 0.15) is 5.69 Å². The summed E-state index contributed by atoms with van der Waals surface area (Å²) in [5, 5.41) is 13.0. The third kappa shape index (κ3) is 2.25. The Morgan fingerprint density at radius 2 is 2.19 bits per heavy atom. The highest BCUT2D eigenvalue weighted by Crippen LogP contribution is 2.14. The van der Waals surface area contributed by atoms with Gasteiger partial charge in [-0.25, -0.2) is 0 Å². The topological polar surface area (TPSA) is 94.2 Å². The maximum atomic E-state index is 11.4. The van der Waals surface area contributed by atoms with Gasteiger partial charge in [-0.3, -0.25) is 24.3 Å². The molecule has 0 aliphatic heterocycles. The summed E-state index contributed by atoms with van der Waals surface area (Å²) < 4.78 is 1.07. The smallest absolute Gasteiger partial charge is 0.288 e. The molecule has 0 saturated heterocycles. The average molecular weight is 225 g/mol. The van der Waals surface area contributed by atoms with Crippen LogP contribution in [0.3, 0.4) is 0 Å². The standard InChI is InChI=1S/C9H11N3O4/c1-6-7(12(15)16)3-4-9(14)11(6)5-8(13)10-2/h3-4H,5H2,1-2H3,(H,10,13). The maximum absolute atomic E-state index is 11.4. The fourth-order valence-electron chi connectivity index (χ4n) is 1.28. The number of aromatic nitrogens is 1. The molecule has 0 aliphatic carbocycles. The number of carbonyl (C=O) groups is 1. The van der Waals surface area contributed by atoms with E-state index in [1.807, 2.05) is 0 Å². The summed E-state index contributed by atoms with van der Waals surface area (Å²) in [6.07, 6.45) is 0. The number of pyridine rings is 1. The van der Waals surface area contributed by atoms with Crippen molar-refractivity contribution in [2.45, 2.75) is 13.5 Å². The molecule has 1 aromatic rings. The lowest BCUT2D eigenvalue weighted by Gasteiger charge is -2.08. The van der Waals surface area contributed by atoms with E-state index < -0.39 is 10.5 Å². The molecule has 1 amide bonds. The second-order valence-electron chi connectivity index (χ2n) is 3.16. The number of nitro groups is 1. The van der Waals surface area contributed by atoms with E-state index in [2.05, 4.69) is 5.32 Å². The van der Waals surface area contributed by atoms with Crippen LogP contribution in [0.5, 0.6) is 0 Å². The van der Waals surface area contributed by atoms with Crippen LogP contribution in [0.2, 0.25) is 0 Å². The predicted octanol–water partition coefficient (Wildman–Crippen LogP) is -0.189. The van der Waals surface area contributed by atoms with Crippen LogP contribution in [0, 0.1) is 17.0 Å². The minimum Gasteiger partial charge on any atom is -0.358 e. The molecule has 0 radical (unpaired) electrons. The molecule has 0 saturated carbocycles. The number of nitrogens with one attached hydrogen (secondary N) is 1. The Morgan fingerprint density at radius 3 is 2.69 bits per heavy atom. The van der Waals surface area contributed by atoms with Gasteiger partial charge in [0.15, 0.2) is 0 Å². The highest BCUT2D eigenvalue weighted by molar-refractivity contribution is 5.75. The largest absolute Gasteiger partial charge is 0.358 e. The second-order valence-corrected chi connectivity index (χ2v) is 3.16. The SMILES string of the molecule is CNC(=O)Cn1c(C)c([N+](=O)[O-])ccc1=O. The van der Waals surface area contributed by atoms with Gasteiger partial charge in [0.05, 0.1) is 10.6 Å². The van der Waals surface area contributed by atoms with Crippen LogP contribution in [-0.4, -0.2) is 22.4 Å². The van der Waals surface area contributed by atoms with E-state index in [1.54, 1.807) is 0 Å². The van der Waals surface area contributed by atoms with Crippen molar-refractivity contribution >= 4 is 11.6 Å². The molecule has 0 unspecified atom stereocenters. The van der Waals surface area contributed by atoms with E-state index in [9.17, 15) is 19.7 Å². The number of hydrogen-bond acceptors (Lipinski definition) is 4. The van der Waals surface area contributed by atoms with Gasteiger partial charge in [-0.05, 0) is 6.92 Å². The van der Waals surface area contributed by atoms with Crippen molar-refractivity contribution in [1.82, 2.24) is 9.88 Å². The first-order chi connectivity index (χ1) is 7.47. The fourth-order valence-corrected chi connectivity index (χ4v) is 1.28. The zero-order valence-electron chi connectivity index (χ0n) is 8.89. The third-order valence-electron chi connectivity index (χ3n) is 2.20. The summed E-state index contributed by atoms with van der Waals surface area (Å²) in [4.78, 5) is 32.6. The van der Waals surface area contributed by atoms with Crippen molar-refractivity contribution in [3.8, 4) is 0 Å². The number of carbonyl (C=O) groups excluding carboxylic acids is 1. The summed E-state index contributed by atoms with van der Waals surface area (Å²) in [5.74, 6) is -0.384. The Morgan fingerprint density at radius 1 is 1.56 bits per heavy atom. The molecule has 1 aromatic heterocycles. The summed E-state index contributed by atoms with van der Waals surface area (Å²) >= 11 is 0. The van der Waals surface area contributed by atoms with Crippen molar-refractivity contribution in [3.63, 3.8) is 0 Å². The monoisotopic (exact) mass is 225 g/mol. The number of rotatable bonds is 3. The number of nitrogens with zero attached hydrogens (tertiary/aromatic N) is 2. The second kappa shape index (κ2) is 4.56. The molecule has 1 rings (SSSR count).